The molecular formula is C24H46O4. The molecular weight excluding hydrogens is 352 g/mol. The predicted molar refractivity (Wildman–Crippen MR) is 116 cm³/mol. The molecule has 0 aliphatic rings. The van der Waals surface area contributed by atoms with Crippen molar-refractivity contribution < 1.29 is 19.1 Å². The quantitative estimate of drug-likeness (QED) is 0.164. The molecule has 28 heavy (non-hydrogen) atoms. The highest BCUT2D eigenvalue weighted by molar-refractivity contribution is 5.79. The predicted octanol–water partition coefficient (Wildman–Crippen LogP) is 6.99. The van der Waals surface area contributed by atoms with E-state index in [0.717, 1.165) is 19.3 Å². The van der Waals surface area contributed by atoms with E-state index in [1.807, 2.05) is 0 Å². The van der Waals surface area contributed by atoms with Crippen LogP contribution < -0.4 is 0 Å². The fourth-order valence-corrected chi connectivity index (χ4v) is 3.57. The third kappa shape index (κ3) is 17.1. The summed E-state index contributed by atoms with van der Waals surface area (Å²) in [5.74, 6) is -0.910. The summed E-state index contributed by atoms with van der Waals surface area (Å²) in [5.41, 5.74) is 0. The van der Waals surface area contributed by atoms with E-state index in [4.69, 9.17) is 9.47 Å². The van der Waals surface area contributed by atoms with Crippen molar-refractivity contribution in [1.29, 1.82) is 0 Å². The van der Waals surface area contributed by atoms with E-state index in [2.05, 4.69) is 6.92 Å². The van der Waals surface area contributed by atoms with Crippen LogP contribution >= 0.6 is 0 Å². The van der Waals surface area contributed by atoms with E-state index in [1.54, 1.807) is 13.8 Å². The second kappa shape index (κ2) is 20.7. The Kier molecular flexibility index (Phi) is 19.9. The zero-order valence-corrected chi connectivity index (χ0v) is 18.9. The summed E-state index contributed by atoms with van der Waals surface area (Å²) in [6.45, 7) is 6.56. The summed E-state index contributed by atoms with van der Waals surface area (Å²) in [7, 11) is 0. The van der Waals surface area contributed by atoms with Gasteiger partial charge in [-0.3, -0.25) is 9.59 Å². The van der Waals surface area contributed by atoms with E-state index in [0.29, 0.717) is 13.2 Å². The molecule has 0 aliphatic carbocycles. The summed E-state index contributed by atoms with van der Waals surface area (Å²) in [4.78, 5) is 23.7. The third-order valence-corrected chi connectivity index (χ3v) is 5.24. The first kappa shape index (κ1) is 26.9. The standard InChI is InChI=1S/C24H46O4/c1-4-7-8-9-10-11-12-13-14-15-16-17-18-19-20-22(24(26)28-6-3)21-23(25)27-5-2/h22H,4-21H2,1-3H3. The zero-order chi connectivity index (χ0) is 20.9. The van der Waals surface area contributed by atoms with E-state index in [9.17, 15) is 9.59 Å². The van der Waals surface area contributed by atoms with Gasteiger partial charge in [-0.05, 0) is 20.3 Å². The van der Waals surface area contributed by atoms with Gasteiger partial charge in [0, 0.05) is 0 Å². The molecule has 1 atom stereocenters. The number of ether oxygens (including phenoxy) is 2. The minimum Gasteiger partial charge on any atom is -0.466 e. The number of carbonyl (C=O) groups is 2. The lowest BCUT2D eigenvalue weighted by atomic mass is 9.97. The normalized spacial score (nSPS) is 12.0. The Balaban J connectivity index is 3.63. The lowest BCUT2D eigenvalue weighted by Crippen LogP contribution is -2.22. The van der Waals surface area contributed by atoms with Gasteiger partial charge in [-0.15, -0.1) is 0 Å². The molecule has 4 nitrogen and oxygen atoms in total. The Morgan fingerprint density at radius 3 is 1.46 bits per heavy atom. The van der Waals surface area contributed by atoms with Crippen LogP contribution in [-0.2, 0) is 19.1 Å². The van der Waals surface area contributed by atoms with Crippen molar-refractivity contribution in [2.45, 2.75) is 124 Å². The Labute approximate surface area is 174 Å². The van der Waals surface area contributed by atoms with E-state index in [1.165, 1.54) is 77.0 Å². The second-order valence-electron chi connectivity index (χ2n) is 7.84. The van der Waals surface area contributed by atoms with Crippen LogP contribution in [0, 0.1) is 5.92 Å². The number of rotatable bonds is 20. The average Bonchev–Trinajstić information content (AvgIpc) is 2.67. The Morgan fingerprint density at radius 2 is 1.04 bits per heavy atom. The van der Waals surface area contributed by atoms with Gasteiger partial charge in [-0.25, -0.2) is 0 Å². The highest BCUT2D eigenvalue weighted by Crippen LogP contribution is 2.18. The number of esters is 2. The average molecular weight is 399 g/mol. The van der Waals surface area contributed by atoms with Crippen LogP contribution in [-0.4, -0.2) is 25.2 Å². The maximum absolute atomic E-state index is 12.0. The smallest absolute Gasteiger partial charge is 0.309 e. The van der Waals surface area contributed by atoms with Crippen LogP contribution in [0.5, 0.6) is 0 Å². The SMILES string of the molecule is CCCCCCCCCCCCCCCCC(CC(=O)OCC)C(=O)OCC. The molecule has 4 heteroatoms. The van der Waals surface area contributed by atoms with Gasteiger partial charge in [0.2, 0.25) is 0 Å². The van der Waals surface area contributed by atoms with Crippen LogP contribution in [0.2, 0.25) is 0 Å². The van der Waals surface area contributed by atoms with Crippen molar-refractivity contribution in [3.05, 3.63) is 0 Å². The molecule has 166 valence electrons. The van der Waals surface area contributed by atoms with Crippen molar-refractivity contribution in [2.75, 3.05) is 13.2 Å². The topological polar surface area (TPSA) is 52.6 Å². The van der Waals surface area contributed by atoms with Gasteiger partial charge in [0.25, 0.3) is 0 Å². The fraction of sp³-hybridized carbons (Fsp3) is 0.917. The van der Waals surface area contributed by atoms with Gasteiger partial charge in [0.1, 0.15) is 0 Å². The summed E-state index contributed by atoms with van der Waals surface area (Å²) >= 11 is 0. The lowest BCUT2D eigenvalue weighted by molar-refractivity contribution is -0.155. The zero-order valence-electron chi connectivity index (χ0n) is 18.9. The molecule has 0 aromatic rings. The molecule has 0 fully saturated rings. The molecule has 0 radical (unpaired) electrons. The largest absolute Gasteiger partial charge is 0.466 e. The molecule has 0 aliphatic heterocycles. The molecule has 0 heterocycles. The van der Waals surface area contributed by atoms with Gasteiger partial charge in [0.15, 0.2) is 0 Å². The van der Waals surface area contributed by atoms with E-state index in [-0.39, 0.29) is 24.3 Å². The highest BCUT2D eigenvalue weighted by Gasteiger charge is 2.23. The summed E-state index contributed by atoms with van der Waals surface area (Å²) in [5, 5.41) is 0. The van der Waals surface area contributed by atoms with Crippen molar-refractivity contribution >= 4 is 11.9 Å². The second-order valence-corrected chi connectivity index (χ2v) is 7.84. The molecule has 0 aromatic heterocycles. The van der Waals surface area contributed by atoms with Crippen molar-refractivity contribution in [3.63, 3.8) is 0 Å². The van der Waals surface area contributed by atoms with Gasteiger partial charge >= 0.3 is 11.9 Å². The number of unbranched alkanes of at least 4 members (excludes halogenated alkanes) is 13. The van der Waals surface area contributed by atoms with Crippen LogP contribution in [0.1, 0.15) is 124 Å². The monoisotopic (exact) mass is 398 g/mol. The maximum Gasteiger partial charge on any atom is 0.309 e. The van der Waals surface area contributed by atoms with Gasteiger partial charge in [0.05, 0.1) is 25.6 Å². The lowest BCUT2D eigenvalue weighted by Gasteiger charge is -2.14. The van der Waals surface area contributed by atoms with Crippen molar-refractivity contribution in [1.82, 2.24) is 0 Å². The molecule has 0 bridgehead atoms. The Hall–Kier alpha value is -1.06. The maximum atomic E-state index is 12.0. The summed E-state index contributed by atoms with van der Waals surface area (Å²) in [6.07, 6.45) is 19.2. The molecule has 0 aromatic carbocycles. The molecule has 1 unspecified atom stereocenters. The molecule has 0 saturated carbocycles. The van der Waals surface area contributed by atoms with Crippen LogP contribution in [0.25, 0.3) is 0 Å². The van der Waals surface area contributed by atoms with Gasteiger partial charge in [-0.2, -0.15) is 0 Å². The van der Waals surface area contributed by atoms with Crippen molar-refractivity contribution in [3.8, 4) is 0 Å². The van der Waals surface area contributed by atoms with E-state index >= 15 is 0 Å². The van der Waals surface area contributed by atoms with Crippen LogP contribution in [0.15, 0.2) is 0 Å². The Morgan fingerprint density at radius 1 is 0.607 bits per heavy atom. The van der Waals surface area contributed by atoms with Crippen molar-refractivity contribution in [2.24, 2.45) is 5.92 Å². The van der Waals surface area contributed by atoms with Crippen LogP contribution in [0.3, 0.4) is 0 Å². The first-order chi connectivity index (χ1) is 13.7. The number of carbonyl (C=O) groups excluding carboxylic acids is 2. The number of hydrogen-bond donors (Lipinski definition) is 0. The minimum atomic E-state index is -0.351. The highest BCUT2D eigenvalue weighted by atomic mass is 16.5. The summed E-state index contributed by atoms with van der Waals surface area (Å²) in [6, 6.07) is 0. The van der Waals surface area contributed by atoms with Crippen LogP contribution in [0.4, 0.5) is 0 Å². The first-order valence-corrected chi connectivity index (χ1v) is 12.0. The molecule has 0 rings (SSSR count). The fourth-order valence-electron chi connectivity index (χ4n) is 3.57. The molecule has 0 spiro atoms. The Bertz CT molecular complexity index is 368. The third-order valence-electron chi connectivity index (χ3n) is 5.24. The molecule has 0 amide bonds. The summed E-state index contributed by atoms with van der Waals surface area (Å²) < 4.78 is 10.1. The first-order valence-electron chi connectivity index (χ1n) is 12.0. The van der Waals surface area contributed by atoms with Gasteiger partial charge in [-0.1, -0.05) is 96.8 Å². The number of hydrogen-bond acceptors (Lipinski definition) is 4. The minimum absolute atomic E-state index is 0.144. The van der Waals surface area contributed by atoms with Gasteiger partial charge < -0.3 is 9.47 Å². The molecule has 0 N–H and O–H groups in total. The molecule has 0 saturated heterocycles. The van der Waals surface area contributed by atoms with E-state index < -0.39 is 0 Å².